The molecule has 0 bridgehead atoms. The average Bonchev–Trinajstić information content (AvgIpc) is 1.78. The molecule has 1 aromatic heterocycles. The lowest BCUT2D eigenvalue weighted by molar-refractivity contribution is -0.276. The van der Waals surface area contributed by atoms with Gasteiger partial charge in [0.05, 0.1) is 0 Å². The zero-order valence-electron chi connectivity index (χ0n) is 5.90. The number of alkyl halides is 3. The molecule has 7 heteroatoms. The van der Waals surface area contributed by atoms with E-state index < -0.39 is 24.0 Å². The molecule has 1 heterocycles. The van der Waals surface area contributed by atoms with E-state index >= 15 is 0 Å². The fraction of sp³-hybridized carbons (Fsp3) is 0.167. The monoisotopic (exact) mass is 199 g/mol. The summed E-state index contributed by atoms with van der Waals surface area (Å²) in [5.41, 5.74) is 0. The molecule has 0 N–H and O–H groups in total. The van der Waals surface area contributed by atoms with Crippen LogP contribution in [0.4, 0.5) is 22.0 Å². The zero-order chi connectivity index (χ0) is 10.1. The van der Waals surface area contributed by atoms with Crippen LogP contribution < -0.4 is 4.74 Å². The molecule has 0 radical (unpaired) electrons. The number of hydrogen-bond donors (Lipinski definition) is 0. The molecule has 0 spiro atoms. The first-order chi connectivity index (χ1) is 5.87. The van der Waals surface area contributed by atoms with E-state index in [1.54, 1.807) is 0 Å². The van der Waals surface area contributed by atoms with Crippen molar-refractivity contribution in [3.8, 4) is 5.88 Å². The molecule has 72 valence electrons. The predicted molar refractivity (Wildman–Crippen MR) is 30.8 cm³/mol. The van der Waals surface area contributed by atoms with E-state index in [-0.39, 0.29) is 0 Å². The molecule has 0 aliphatic heterocycles. The van der Waals surface area contributed by atoms with Crippen LogP contribution in [0.25, 0.3) is 0 Å². The van der Waals surface area contributed by atoms with E-state index in [0.29, 0.717) is 12.1 Å². The Balaban J connectivity index is 2.90. The smallest absolute Gasteiger partial charge is 0.388 e. The van der Waals surface area contributed by atoms with Gasteiger partial charge in [-0.15, -0.1) is 13.2 Å². The lowest BCUT2D eigenvalue weighted by Gasteiger charge is -2.06. The fourth-order valence-electron chi connectivity index (χ4n) is 0.614. The standard InChI is InChI=1S/C6H2F5NO/c7-3-1-4(8)12-5(2-3)13-6(9,10)11/h1-2H. The van der Waals surface area contributed by atoms with Gasteiger partial charge in [0.15, 0.2) is 0 Å². The quantitative estimate of drug-likeness (QED) is 0.511. The van der Waals surface area contributed by atoms with E-state index in [9.17, 15) is 22.0 Å². The van der Waals surface area contributed by atoms with Crippen molar-refractivity contribution in [2.75, 3.05) is 0 Å². The maximum Gasteiger partial charge on any atom is 0.574 e. The summed E-state index contributed by atoms with van der Waals surface area (Å²) in [7, 11) is 0. The molecule has 0 fully saturated rings. The van der Waals surface area contributed by atoms with E-state index in [1.165, 1.54) is 0 Å². The van der Waals surface area contributed by atoms with Crippen molar-refractivity contribution in [2.45, 2.75) is 6.36 Å². The Morgan fingerprint density at radius 3 is 2.23 bits per heavy atom. The molecule has 0 aliphatic rings. The highest BCUT2D eigenvalue weighted by atomic mass is 19.4. The van der Waals surface area contributed by atoms with Gasteiger partial charge in [0, 0.05) is 12.1 Å². The minimum Gasteiger partial charge on any atom is -0.388 e. The van der Waals surface area contributed by atoms with Gasteiger partial charge in [-0.2, -0.15) is 9.37 Å². The molecular formula is C6H2F5NO. The van der Waals surface area contributed by atoms with Crippen molar-refractivity contribution in [1.82, 2.24) is 4.98 Å². The molecule has 0 atom stereocenters. The van der Waals surface area contributed by atoms with E-state index in [0.717, 1.165) is 0 Å². The number of hydrogen-bond acceptors (Lipinski definition) is 2. The van der Waals surface area contributed by atoms with Crippen LogP contribution in [0.1, 0.15) is 0 Å². The summed E-state index contributed by atoms with van der Waals surface area (Å²) in [5.74, 6) is -3.73. The van der Waals surface area contributed by atoms with Crippen LogP contribution in [0.5, 0.6) is 5.88 Å². The first-order valence-electron chi connectivity index (χ1n) is 2.96. The number of pyridine rings is 1. The topological polar surface area (TPSA) is 22.1 Å². The molecule has 2 nitrogen and oxygen atoms in total. The van der Waals surface area contributed by atoms with Crippen LogP contribution in [-0.4, -0.2) is 11.3 Å². The highest BCUT2D eigenvalue weighted by Gasteiger charge is 2.32. The number of rotatable bonds is 1. The molecule has 1 rings (SSSR count). The Morgan fingerprint density at radius 2 is 1.77 bits per heavy atom. The van der Waals surface area contributed by atoms with Crippen molar-refractivity contribution in [1.29, 1.82) is 0 Å². The predicted octanol–water partition coefficient (Wildman–Crippen LogP) is 2.26. The van der Waals surface area contributed by atoms with Gasteiger partial charge in [-0.1, -0.05) is 0 Å². The summed E-state index contributed by atoms with van der Waals surface area (Å²) in [5, 5.41) is 0. The van der Waals surface area contributed by atoms with Crippen LogP contribution in [0, 0.1) is 11.8 Å². The average molecular weight is 199 g/mol. The highest BCUT2D eigenvalue weighted by Crippen LogP contribution is 2.21. The minimum atomic E-state index is -5.01. The normalized spacial score (nSPS) is 11.5. The Bertz CT molecular complexity index is 290. The Hall–Kier alpha value is -1.40. The Morgan fingerprint density at radius 1 is 1.15 bits per heavy atom. The van der Waals surface area contributed by atoms with Crippen LogP contribution in [0.2, 0.25) is 0 Å². The van der Waals surface area contributed by atoms with Crippen molar-refractivity contribution >= 4 is 0 Å². The second-order valence-electron chi connectivity index (χ2n) is 1.99. The van der Waals surface area contributed by atoms with Crippen LogP contribution in [0.3, 0.4) is 0 Å². The van der Waals surface area contributed by atoms with Gasteiger partial charge in [-0.3, -0.25) is 0 Å². The van der Waals surface area contributed by atoms with Crippen molar-refractivity contribution < 1.29 is 26.7 Å². The molecule has 1 aromatic rings. The summed E-state index contributed by atoms with van der Waals surface area (Å²) in [6.07, 6.45) is -5.01. The maximum absolute atomic E-state index is 12.3. The van der Waals surface area contributed by atoms with Crippen LogP contribution in [-0.2, 0) is 0 Å². The SMILES string of the molecule is Fc1cc(F)nc(OC(F)(F)F)c1. The number of halogens is 5. The zero-order valence-corrected chi connectivity index (χ0v) is 5.90. The lowest BCUT2D eigenvalue weighted by atomic mass is 10.4. The van der Waals surface area contributed by atoms with Gasteiger partial charge in [-0.25, -0.2) is 4.39 Å². The van der Waals surface area contributed by atoms with Gasteiger partial charge in [-0.05, 0) is 0 Å². The Kier molecular flexibility index (Phi) is 2.35. The molecule has 13 heavy (non-hydrogen) atoms. The maximum atomic E-state index is 12.3. The van der Waals surface area contributed by atoms with Gasteiger partial charge in [0.25, 0.3) is 0 Å². The summed E-state index contributed by atoms with van der Waals surface area (Å²) in [6, 6.07) is 0.666. The molecular weight excluding hydrogens is 197 g/mol. The molecule has 0 aliphatic carbocycles. The van der Waals surface area contributed by atoms with E-state index in [2.05, 4.69) is 9.72 Å². The van der Waals surface area contributed by atoms with Crippen molar-refractivity contribution in [3.63, 3.8) is 0 Å². The summed E-state index contributed by atoms with van der Waals surface area (Å²) in [6.45, 7) is 0. The minimum absolute atomic E-state index is 0.330. The van der Waals surface area contributed by atoms with E-state index in [4.69, 9.17) is 0 Å². The first kappa shape index (κ1) is 9.69. The van der Waals surface area contributed by atoms with Crippen LogP contribution in [0.15, 0.2) is 12.1 Å². The Labute approximate surface area is 69.0 Å². The third-order valence-corrected chi connectivity index (χ3v) is 0.956. The second kappa shape index (κ2) is 3.15. The second-order valence-corrected chi connectivity index (χ2v) is 1.99. The van der Waals surface area contributed by atoms with Gasteiger partial charge >= 0.3 is 6.36 Å². The number of aromatic nitrogens is 1. The molecule has 0 amide bonds. The largest absolute Gasteiger partial charge is 0.574 e. The molecule has 0 unspecified atom stereocenters. The van der Waals surface area contributed by atoms with Crippen molar-refractivity contribution in [2.24, 2.45) is 0 Å². The van der Waals surface area contributed by atoms with E-state index in [1.807, 2.05) is 0 Å². The highest BCUT2D eigenvalue weighted by molar-refractivity contribution is 5.12. The third-order valence-electron chi connectivity index (χ3n) is 0.956. The summed E-state index contributed by atoms with van der Waals surface area (Å²) >= 11 is 0. The lowest BCUT2D eigenvalue weighted by Crippen LogP contribution is -2.18. The first-order valence-corrected chi connectivity index (χ1v) is 2.96. The third kappa shape index (κ3) is 3.22. The van der Waals surface area contributed by atoms with Gasteiger partial charge < -0.3 is 4.74 Å². The number of nitrogens with zero attached hydrogens (tertiary/aromatic N) is 1. The molecule has 0 saturated heterocycles. The van der Waals surface area contributed by atoms with Gasteiger partial charge in [0.2, 0.25) is 11.8 Å². The summed E-state index contributed by atoms with van der Waals surface area (Å²) in [4.78, 5) is 2.67. The van der Waals surface area contributed by atoms with Crippen molar-refractivity contribution in [3.05, 3.63) is 23.9 Å². The fourth-order valence-corrected chi connectivity index (χ4v) is 0.614. The molecule has 0 aromatic carbocycles. The summed E-state index contributed by atoms with van der Waals surface area (Å²) < 4.78 is 62.1. The molecule has 0 saturated carbocycles. The van der Waals surface area contributed by atoms with Gasteiger partial charge in [0.1, 0.15) is 5.82 Å². The number of ether oxygens (including phenoxy) is 1. The van der Waals surface area contributed by atoms with Crippen LogP contribution >= 0.6 is 0 Å².